The number of ether oxygens (including phenoxy) is 1. The second kappa shape index (κ2) is 9.75. The zero-order valence-corrected chi connectivity index (χ0v) is 18.5. The summed E-state index contributed by atoms with van der Waals surface area (Å²) in [6, 6.07) is 19.8. The molecule has 0 spiro atoms. The SMILES string of the molecule is O=C(CC[C@@]1(Cc2ccc3ccccc3c2)CCC(=O)N1)NCc1cccc(OC(F)(F)F)c1. The number of rotatable bonds is 8. The van der Waals surface area contributed by atoms with E-state index >= 15 is 0 Å². The second-order valence-electron chi connectivity index (χ2n) is 8.66. The van der Waals surface area contributed by atoms with Crippen LogP contribution in [0.25, 0.3) is 10.8 Å². The van der Waals surface area contributed by atoms with Crippen LogP contribution in [0.1, 0.15) is 36.8 Å². The normalized spacial score (nSPS) is 18.0. The first kappa shape index (κ1) is 23.6. The first-order valence-electron chi connectivity index (χ1n) is 11.1. The zero-order chi connectivity index (χ0) is 24.2. The predicted octanol–water partition coefficient (Wildman–Crippen LogP) is 5.03. The van der Waals surface area contributed by atoms with Gasteiger partial charge in [0.1, 0.15) is 5.75 Å². The number of carbonyl (C=O) groups excluding carboxylic acids is 2. The van der Waals surface area contributed by atoms with Crippen LogP contribution < -0.4 is 15.4 Å². The van der Waals surface area contributed by atoms with Gasteiger partial charge in [-0.05, 0) is 53.3 Å². The number of alkyl halides is 3. The predicted molar refractivity (Wildman–Crippen MR) is 122 cm³/mol. The lowest BCUT2D eigenvalue weighted by Crippen LogP contribution is -2.44. The van der Waals surface area contributed by atoms with Gasteiger partial charge in [0.2, 0.25) is 11.8 Å². The summed E-state index contributed by atoms with van der Waals surface area (Å²) >= 11 is 0. The number of hydrogen-bond acceptors (Lipinski definition) is 3. The Morgan fingerprint density at radius 2 is 1.79 bits per heavy atom. The largest absolute Gasteiger partial charge is 0.573 e. The van der Waals surface area contributed by atoms with Crippen LogP contribution in [0.15, 0.2) is 66.7 Å². The van der Waals surface area contributed by atoms with E-state index in [1.165, 1.54) is 18.2 Å². The second-order valence-corrected chi connectivity index (χ2v) is 8.66. The van der Waals surface area contributed by atoms with Crippen molar-refractivity contribution in [1.29, 1.82) is 0 Å². The summed E-state index contributed by atoms with van der Waals surface area (Å²) in [5, 5.41) is 8.08. The fourth-order valence-corrected chi connectivity index (χ4v) is 4.42. The minimum atomic E-state index is -4.77. The highest BCUT2D eigenvalue weighted by molar-refractivity contribution is 5.83. The highest BCUT2D eigenvalue weighted by Gasteiger charge is 2.38. The molecule has 0 unspecified atom stereocenters. The van der Waals surface area contributed by atoms with Crippen molar-refractivity contribution in [2.75, 3.05) is 0 Å². The van der Waals surface area contributed by atoms with Crippen molar-refractivity contribution in [1.82, 2.24) is 10.6 Å². The van der Waals surface area contributed by atoms with Gasteiger partial charge < -0.3 is 15.4 Å². The molecule has 2 N–H and O–H groups in total. The molecule has 1 fully saturated rings. The van der Waals surface area contributed by atoms with Crippen LogP contribution in [0.5, 0.6) is 5.75 Å². The van der Waals surface area contributed by atoms with Gasteiger partial charge in [0.05, 0.1) is 0 Å². The smallest absolute Gasteiger partial charge is 0.406 e. The molecule has 5 nitrogen and oxygen atoms in total. The lowest BCUT2D eigenvalue weighted by molar-refractivity contribution is -0.274. The van der Waals surface area contributed by atoms with E-state index in [1.807, 2.05) is 30.3 Å². The number of fused-ring (bicyclic) bond motifs is 1. The van der Waals surface area contributed by atoms with Gasteiger partial charge in [0.25, 0.3) is 0 Å². The Labute approximate surface area is 195 Å². The lowest BCUT2D eigenvalue weighted by atomic mass is 9.84. The molecule has 2 amide bonds. The van der Waals surface area contributed by atoms with Gasteiger partial charge in [-0.2, -0.15) is 0 Å². The van der Waals surface area contributed by atoms with Crippen LogP contribution in [-0.2, 0) is 22.6 Å². The Kier molecular flexibility index (Phi) is 6.77. The molecule has 1 saturated heterocycles. The first-order chi connectivity index (χ1) is 16.2. The van der Waals surface area contributed by atoms with E-state index < -0.39 is 11.9 Å². The number of hydrogen-bond donors (Lipinski definition) is 2. The lowest BCUT2D eigenvalue weighted by Gasteiger charge is -2.29. The van der Waals surface area contributed by atoms with Crippen LogP contribution in [0.2, 0.25) is 0 Å². The maximum absolute atomic E-state index is 12.5. The van der Waals surface area contributed by atoms with Gasteiger partial charge in [0, 0.05) is 24.9 Å². The van der Waals surface area contributed by atoms with Gasteiger partial charge in [-0.15, -0.1) is 13.2 Å². The van der Waals surface area contributed by atoms with Gasteiger partial charge in [-0.3, -0.25) is 9.59 Å². The molecule has 0 aromatic heterocycles. The van der Waals surface area contributed by atoms with Crippen molar-refractivity contribution in [3.63, 3.8) is 0 Å². The molecule has 0 radical (unpaired) electrons. The fraction of sp³-hybridized carbons (Fsp3) is 0.308. The van der Waals surface area contributed by atoms with E-state index in [4.69, 9.17) is 0 Å². The first-order valence-corrected chi connectivity index (χ1v) is 11.1. The van der Waals surface area contributed by atoms with Crippen LogP contribution in [0.3, 0.4) is 0 Å². The van der Waals surface area contributed by atoms with E-state index in [0.29, 0.717) is 31.2 Å². The third kappa shape index (κ3) is 6.27. The fourth-order valence-electron chi connectivity index (χ4n) is 4.42. The Bertz CT molecular complexity index is 1200. The summed E-state index contributed by atoms with van der Waals surface area (Å²) in [5.41, 5.74) is 1.08. The van der Waals surface area contributed by atoms with Crippen LogP contribution in [0, 0.1) is 0 Å². The molecule has 0 saturated carbocycles. The number of carbonyl (C=O) groups is 2. The average Bonchev–Trinajstić information content (AvgIpc) is 3.16. The van der Waals surface area contributed by atoms with Crippen LogP contribution >= 0.6 is 0 Å². The summed E-state index contributed by atoms with van der Waals surface area (Å²) in [4.78, 5) is 24.5. The molecule has 0 bridgehead atoms. The topological polar surface area (TPSA) is 67.4 Å². The molecule has 8 heteroatoms. The van der Waals surface area contributed by atoms with Crippen molar-refractivity contribution in [2.24, 2.45) is 0 Å². The van der Waals surface area contributed by atoms with Crippen molar-refractivity contribution < 1.29 is 27.5 Å². The van der Waals surface area contributed by atoms with Gasteiger partial charge in [-0.25, -0.2) is 0 Å². The number of amides is 2. The molecule has 1 aliphatic rings. The molecule has 1 atom stereocenters. The van der Waals surface area contributed by atoms with Crippen LogP contribution in [-0.4, -0.2) is 23.7 Å². The standard InChI is InChI=1S/C26H25F3N2O3/c27-26(28,29)34-22-7-3-4-19(15-22)17-30-23(32)10-12-25(13-11-24(33)31-25)16-18-8-9-20-5-1-2-6-21(20)14-18/h1-9,14-15H,10-13,16-17H2,(H,30,32)(H,31,33)/t25-/m0/s1. The highest BCUT2D eigenvalue weighted by Crippen LogP contribution is 2.31. The molecule has 3 aromatic rings. The van der Waals surface area contributed by atoms with E-state index in [2.05, 4.69) is 27.5 Å². The van der Waals surface area contributed by atoms with Gasteiger partial charge in [-0.1, -0.05) is 54.6 Å². The molecule has 1 aliphatic heterocycles. The molecule has 178 valence electrons. The number of halogens is 3. The maximum atomic E-state index is 12.5. The Balaban J connectivity index is 1.36. The summed E-state index contributed by atoms with van der Waals surface area (Å²) < 4.78 is 41.1. The summed E-state index contributed by atoms with van der Waals surface area (Å²) in [5.74, 6) is -0.592. The molecule has 1 heterocycles. The molecular formula is C26H25F3N2O3. The van der Waals surface area contributed by atoms with Crippen molar-refractivity contribution in [2.45, 2.75) is 50.6 Å². The summed E-state index contributed by atoms with van der Waals surface area (Å²) in [6.45, 7) is 0.0813. The van der Waals surface area contributed by atoms with E-state index in [9.17, 15) is 22.8 Å². The van der Waals surface area contributed by atoms with Crippen LogP contribution in [0.4, 0.5) is 13.2 Å². The molecule has 3 aromatic carbocycles. The van der Waals surface area contributed by atoms with E-state index in [0.717, 1.165) is 16.3 Å². The summed E-state index contributed by atoms with van der Waals surface area (Å²) in [7, 11) is 0. The molecule has 4 rings (SSSR count). The molecule has 0 aliphatic carbocycles. The van der Waals surface area contributed by atoms with Gasteiger partial charge >= 0.3 is 6.36 Å². The van der Waals surface area contributed by atoms with E-state index in [1.54, 1.807) is 6.07 Å². The van der Waals surface area contributed by atoms with E-state index in [-0.39, 0.29) is 30.5 Å². The Morgan fingerprint density at radius 3 is 2.53 bits per heavy atom. The molecule has 34 heavy (non-hydrogen) atoms. The third-order valence-corrected chi connectivity index (χ3v) is 6.04. The summed E-state index contributed by atoms with van der Waals surface area (Å²) in [6.07, 6.45) is -2.44. The minimum Gasteiger partial charge on any atom is -0.406 e. The van der Waals surface area contributed by atoms with Gasteiger partial charge in [0.15, 0.2) is 0 Å². The Hall–Kier alpha value is -3.55. The Morgan fingerprint density at radius 1 is 1.00 bits per heavy atom. The maximum Gasteiger partial charge on any atom is 0.573 e. The van der Waals surface area contributed by atoms with Crippen molar-refractivity contribution in [3.05, 3.63) is 77.9 Å². The average molecular weight is 470 g/mol. The number of nitrogens with one attached hydrogen (secondary N) is 2. The quantitative estimate of drug-likeness (QED) is 0.486. The van der Waals surface area contributed by atoms with Crippen molar-refractivity contribution in [3.8, 4) is 5.75 Å². The third-order valence-electron chi connectivity index (χ3n) is 6.04. The highest BCUT2D eigenvalue weighted by atomic mass is 19.4. The van der Waals surface area contributed by atoms with Crippen molar-refractivity contribution >= 4 is 22.6 Å². The number of benzene rings is 3. The monoisotopic (exact) mass is 470 g/mol. The minimum absolute atomic E-state index is 0.0253. The zero-order valence-electron chi connectivity index (χ0n) is 18.5. The molecular weight excluding hydrogens is 445 g/mol.